The maximum absolute atomic E-state index is 11.1. The molecule has 0 amide bonds. The highest BCUT2D eigenvalue weighted by atomic mass is 16.4. The van der Waals surface area contributed by atoms with E-state index in [1.54, 1.807) is 0 Å². The third-order valence-electron chi connectivity index (χ3n) is 3.07. The highest BCUT2D eigenvalue weighted by Gasteiger charge is 2.36. The van der Waals surface area contributed by atoms with Crippen LogP contribution in [0.1, 0.15) is 51.0 Å². The number of hydrogen-bond acceptors (Lipinski definition) is 3. The summed E-state index contributed by atoms with van der Waals surface area (Å²) < 4.78 is 0. The summed E-state index contributed by atoms with van der Waals surface area (Å²) in [7, 11) is 0. The fourth-order valence-electron chi connectivity index (χ4n) is 1.98. The summed E-state index contributed by atoms with van der Waals surface area (Å²) in [5, 5.41) is 27.9. The molecule has 4 N–H and O–H groups in total. The van der Waals surface area contributed by atoms with Crippen LogP contribution in [0.4, 0.5) is 0 Å². The van der Waals surface area contributed by atoms with Crippen molar-refractivity contribution in [1.29, 1.82) is 0 Å². The number of aliphatic hydroxyl groups is 1. The monoisotopic (exact) mass is 239 g/mol. The van der Waals surface area contributed by atoms with Gasteiger partial charge in [0.15, 0.2) is 0 Å². The molecule has 1 heterocycles. The summed E-state index contributed by atoms with van der Waals surface area (Å²) in [5.41, 5.74) is -0.0338. The van der Waals surface area contributed by atoms with Gasteiger partial charge in [-0.05, 0) is 31.2 Å². The van der Waals surface area contributed by atoms with Gasteiger partial charge in [0, 0.05) is 0 Å². The number of rotatable bonds is 4. The van der Waals surface area contributed by atoms with Gasteiger partial charge in [-0.15, -0.1) is 0 Å². The van der Waals surface area contributed by atoms with E-state index in [-0.39, 0.29) is 28.4 Å². The van der Waals surface area contributed by atoms with Gasteiger partial charge in [0.25, 0.3) is 0 Å². The predicted molar refractivity (Wildman–Crippen MR) is 57.1 cm³/mol. The Balaban J connectivity index is 2.52. The molecule has 0 aliphatic heterocycles. The Labute approximate surface area is 96.9 Å². The average molecular weight is 239 g/mol. The van der Waals surface area contributed by atoms with Crippen LogP contribution in [-0.4, -0.2) is 32.2 Å². The number of aromatic nitrogens is 1. The Morgan fingerprint density at radius 2 is 1.88 bits per heavy atom. The van der Waals surface area contributed by atoms with Gasteiger partial charge in [0.2, 0.25) is 0 Å². The summed E-state index contributed by atoms with van der Waals surface area (Å²) in [6.07, 6.45) is 0.745. The first-order valence-electron chi connectivity index (χ1n) is 5.30. The van der Waals surface area contributed by atoms with Crippen molar-refractivity contribution in [3.05, 3.63) is 22.5 Å². The molecular formula is C11H13NO5. The molecule has 0 radical (unpaired) electrons. The molecule has 1 atom stereocenters. The van der Waals surface area contributed by atoms with Gasteiger partial charge in [0.1, 0.15) is 5.69 Å². The number of nitrogens with one attached hydrogen (secondary N) is 1. The molecule has 92 valence electrons. The molecule has 1 saturated carbocycles. The maximum atomic E-state index is 11.1. The van der Waals surface area contributed by atoms with E-state index in [4.69, 9.17) is 10.2 Å². The number of aromatic amines is 1. The highest BCUT2D eigenvalue weighted by Crippen LogP contribution is 2.42. The maximum Gasteiger partial charge on any atom is 0.352 e. The predicted octanol–water partition coefficient (Wildman–Crippen LogP) is 1.16. The molecule has 1 unspecified atom stereocenters. The molecule has 1 aliphatic rings. The van der Waals surface area contributed by atoms with Crippen molar-refractivity contribution < 1.29 is 24.9 Å². The number of H-pyrrole nitrogens is 1. The van der Waals surface area contributed by atoms with E-state index in [0.717, 1.165) is 12.8 Å². The fourth-order valence-corrected chi connectivity index (χ4v) is 1.98. The summed E-state index contributed by atoms with van der Waals surface area (Å²) in [4.78, 5) is 24.5. The number of aromatic carboxylic acids is 2. The number of carboxylic acid groups (broad SMARTS) is 2. The first kappa shape index (κ1) is 11.7. The van der Waals surface area contributed by atoms with Gasteiger partial charge in [-0.3, -0.25) is 0 Å². The van der Waals surface area contributed by atoms with Gasteiger partial charge >= 0.3 is 11.9 Å². The van der Waals surface area contributed by atoms with E-state index in [0.29, 0.717) is 0 Å². The van der Waals surface area contributed by atoms with Gasteiger partial charge in [-0.25, -0.2) is 9.59 Å². The minimum absolute atomic E-state index is 0.0350. The van der Waals surface area contributed by atoms with Crippen molar-refractivity contribution in [3.8, 4) is 0 Å². The van der Waals surface area contributed by atoms with Crippen LogP contribution in [0.15, 0.2) is 0 Å². The van der Waals surface area contributed by atoms with E-state index >= 15 is 0 Å². The Morgan fingerprint density at radius 3 is 2.29 bits per heavy atom. The highest BCUT2D eigenvalue weighted by molar-refractivity contribution is 5.97. The molecule has 1 aromatic heterocycles. The van der Waals surface area contributed by atoms with E-state index in [1.165, 1.54) is 6.92 Å². The van der Waals surface area contributed by atoms with Gasteiger partial charge in [0.05, 0.1) is 17.4 Å². The van der Waals surface area contributed by atoms with Crippen molar-refractivity contribution in [2.24, 2.45) is 5.92 Å². The topological polar surface area (TPSA) is 111 Å². The fraction of sp³-hybridized carbons (Fsp3) is 0.455. The van der Waals surface area contributed by atoms with Crippen LogP contribution in [0.25, 0.3) is 0 Å². The summed E-state index contributed by atoms with van der Waals surface area (Å²) in [6, 6.07) is 0. The molecule has 6 heteroatoms. The molecule has 0 spiro atoms. The van der Waals surface area contributed by atoms with Crippen LogP contribution in [-0.2, 0) is 0 Å². The summed E-state index contributed by atoms with van der Waals surface area (Å²) in [6.45, 7) is 1.42. The normalized spacial score (nSPS) is 16.8. The largest absolute Gasteiger partial charge is 0.478 e. The Bertz CT molecular complexity index is 486. The molecule has 6 nitrogen and oxygen atoms in total. The van der Waals surface area contributed by atoms with Gasteiger partial charge in [-0.1, -0.05) is 0 Å². The Morgan fingerprint density at radius 1 is 1.29 bits per heavy atom. The number of carboxylic acids is 2. The summed E-state index contributed by atoms with van der Waals surface area (Å²) in [5.74, 6) is -2.41. The molecule has 1 aromatic rings. The van der Waals surface area contributed by atoms with Crippen molar-refractivity contribution in [2.75, 3.05) is 0 Å². The second kappa shape index (κ2) is 3.89. The lowest BCUT2D eigenvalue weighted by Crippen LogP contribution is -2.08. The van der Waals surface area contributed by atoms with Crippen LogP contribution < -0.4 is 0 Å². The molecule has 2 rings (SSSR count). The van der Waals surface area contributed by atoms with Crippen LogP contribution >= 0.6 is 0 Å². The van der Waals surface area contributed by atoms with Crippen LogP contribution in [0, 0.1) is 12.8 Å². The average Bonchev–Trinajstić information content (AvgIpc) is 3.00. The first-order valence-corrected chi connectivity index (χ1v) is 5.30. The van der Waals surface area contributed by atoms with Crippen molar-refractivity contribution in [2.45, 2.75) is 25.9 Å². The molecule has 0 aromatic carbocycles. The Hall–Kier alpha value is -1.82. The zero-order valence-electron chi connectivity index (χ0n) is 9.23. The lowest BCUT2D eigenvalue weighted by atomic mass is 10.0. The van der Waals surface area contributed by atoms with E-state index in [1.807, 2.05) is 0 Å². The van der Waals surface area contributed by atoms with Crippen molar-refractivity contribution in [3.63, 3.8) is 0 Å². The first-order chi connectivity index (χ1) is 7.93. The lowest BCUT2D eigenvalue weighted by molar-refractivity contribution is 0.0679. The summed E-state index contributed by atoms with van der Waals surface area (Å²) >= 11 is 0. The Kier molecular flexibility index (Phi) is 2.66. The van der Waals surface area contributed by atoms with Crippen LogP contribution in [0.3, 0.4) is 0 Å². The SMILES string of the molecule is Cc1c(C(=O)O)[nH]c(C(O)C2CC2)c1C(=O)O. The third-order valence-corrected chi connectivity index (χ3v) is 3.07. The van der Waals surface area contributed by atoms with Gasteiger partial charge in [-0.2, -0.15) is 0 Å². The minimum Gasteiger partial charge on any atom is -0.478 e. The number of carbonyl (C=O) groups is 2. The zero-order valence-corrected chi connectivity index (χ0v) is 9.23. The molecule has 17 heavy (non-hydrogen) atoms. The second-order valence-electron chi connectivity index (χ2n) is 4.31. The van der Waals surface area contributed by atoms with E-state index in [2.05, 4.69) is 4.98 Å². The third kappa shape index (κ3) is 1.91. The van der Waals surface area contributed by atoms with E-state index < -0.39 is 18.0 Å². The lowest BCUT2D eigenvalue weighted by Gasteiger charge is -2.08. The van der Waals surface area contributed by atoms with Crippen molar-refractivity contribution >= 4 is 11.9 Å². The second-order valence-corrected chi connectivity index (χ2v) is 4.31. The number of hydrogen-bond donors (Lipinski definition) is 4. The zero-order chi connectivity index (χ0) is 12.7. The van der Waals surface area contributed by atoms with E-state index in [9.17, 15) is 14.7 Å². The van der Waals surface area contributed by atoms with Crippen molar-refractivity contribution in [1.82, 2.24) is 4.98 Å². The molecule has 1 aliphatic carbocycles. The smallest absolute Gasteiger partial charge is 0.352 e. The molecule has 0 saturated heterocycles. The molecule has 1 fully saturated rings. The molecular weight excluding hydrogens is 226 g/mol. The van der Waals surface area contributed by atoms with Crippen LogP contribution in [0.2, 0.25) is 0 Å². The minimum atomic E-state index is -1.22. The van der Waals surface area contributed by atoms with Crippen LogP contribution in [0.5, 0.6) is 0 Å². The standard InChI is InChI=1S/C11H13NO5/c1-4-6(10(14)15)8(9(13)5-2-3-5)12-7(4)11(16)17/h5,9,12-13H,2-3H2,1H3,(H,14,15)(H,16,17). The van der Waals surface area contributed by atoms with Gasteiger partial charge < -0.3 is 20.3 Å². The quantitative estimate of drug-likeness (QED) is 0.630. The number of aliphatic hydroxyl groups excluding tert-OH is 1. The molecule has 0 bridgehead atoms.